The van der Waals surface area contributed by atoms with E-state index >= 15 is 0 Å². The number of aryl methyl sites for hydroxylation is 2. The summed E-state index contributed by atoms with van der Waals surface area (Å²) in [5.41, 5.74) is 2.53. The van der Waals surface area contributed by atoms with Crippen LogP contribution in [0.1, 0.15) is 42.3 Å². The van der Waals surface area contributed by atoms with Gasteiger partial charge in [-0.2, -0.15) is 0 Å². The van der Waals surface area contributed by atoms with Crippen LogP contribution in [0.2, 0.25) is 0 Å². The summed E-state index contributed by atoms with van der Waals surface area (Å²) in [6.07, 6.45) is 1.31. The molecule has 1 saturated carbocycles. The standard InChI is InChI=1S/C20H24N2O5/c1-12-18(13(2)27-22-12)11-25-17-8-4-15(5-9-17)10-19(23)26-14(3)20(24)21-16-6-7-16/h4-5,8-9,14,16H,6-7,10-11H2,1-3H3,(H,21,24). The average Bonchev–Trinajstić information content (AvgIpc) is 3.39. The van der Waals surface area contributed by atoms with Crippen LogP contribution in [0.25, 0.3) is 0 Å². The predicted octanol–water partition coefficient (Wildman–Crippen LogP) is 2.62. The number of benzene rings is 1. The Balaban J connectivity index is 1.46. The maximum absolute atomic E-state index is 12.0. The molecule has 144 valence electrons. The minimum Gasteiger partial charge on any atom is -0.489 e. The summed E-state index contributed by atoms with van der Waals surface area (Å²) in [7, 11) is 0. The zero-order chi connectivity index (χ0) is 19.4. The highest BCUT2D eigenvalue weighted by Crippen LogP contribution is 2.19. The lowest BCUT2D eigenvalue weighted by atomic mass is 10.1. The van der Waals surface area contributed by atoms with Crippen LogP contribution in [0.15, 0.2) is 28.8 Å². The Labute approximate surface area is 158 Å². The van der Waals surface area contributed by atoms with Crippen molar-refractivity contribution >= 4 is 11.9 Å². The topological polar surface area (TPSA) is 90.7 Å². The van der Waals surface area contributed by atoms with Gasteiger partial charge >= 0.3 is 5.97 Å². The van der Waals surface area contributed by atoms with E-state index in [0.29, 0.717) is 12.4 Å². The van der Waals surface area contributed by atoms with Gasteiger partial charge in [0.1, 0.15) is 18.1 Å². The lowest BCUT2D eigenvalue weighted by Gasteiger charge is -2.13. The molecule has 1 aliphatic carbocycles. The normalized spacial score (nSPS) is 14.5. The summed E-state index contributed by atoms with van der Waals surface area (Å²) in [6, 6.07) is 7.45. The molecule has 1 fully saturated rings. The highest BCUT2D eigenvalue weighted by atomic mass is 16.5. The quantitative estimate of drug-likeness (QED) is 0.717. The molecule has 1 heterocycles. The number of aromatic nitrogens is 1. The summed E-state index contributed by atoms with van der Waals surface area (Å²) >= 11 is 0. The SMILES string of the molecule is Cc1noc(C)c1COc1ccc(CC(=O)OC(C)C(=O)NC2CC2)cc1. The van der Waals surface area contributed by atoms with E-state index in [4.69, 9.17) is 14.0 Å². The van der Waals surface area contributed by atoms with Crippen molar-refractivity contribution in [1.82, 2.24) is 10.5 Å². The first kappa shape index (κ1) is 18.9. The number of nitrogens with one attached hydrogen (secondary N) is 1. The van der Waals surface area contributed by atoms with E-state index in [1.54, 1.807) is 31.2 Å². The first-order valence-corrected chi connectivity index (χ1v) is 9.05. The zero-order valence-electron chi connectivity index (χ0n) is 15.8. The van der Waals surface area contributed by atoms with Crippen LogP contribution in [0, 0.1) is 13.8 Å². The lowest BCUT2D eigenvalue weighted by molar-refractivity contribution is -0.154. The summed E-state index contributed by atoms with van der Waals surface area (Å²) < 4.78 is 16.0. The van der Waals surface area contributed by atoms with E-state index in [1.807, 2.05) is 13.8 Å². The van der Waals surface area contributed by atoms with Gasteiger partial charge in [-0.05, 0) is 51.3 Å². The van der Waals surface area contributed by atoms with Crippen molar-refractivity contribution in [2.24, 2.45) is 0 Å². The molecule has 2 aromatic rings. The Morgan fingerprint density at radius 1 is 1.26 bits per heavy atom. The Morgan fingerprint density at radius 3 is 2.56 bits per heavy atom. The van der Waals surface area contributed by atoms with E-state index in [2.05, 4.69) is 10.5 Å². The third-order valence-electron chi connectivity index (χ3n) is 4.44. The molecule has 1 aliphatic rings. The molecule has 1 aromatic carbocycles. The Bertz CT molecular complexity index is 789. The van der Waals surface area contributed by atoms with Gasteiger partial charge in [0.2, 0.25) is 0 Å². The van der Waals surface area contributed by atoms with E-state index in [0.717, 1.165) is 35.4 Å². The zero-order valence-corrected chi connectivity index (χ0v) is 15.8. The third-order valence-corrected chi connectivity index (χ3v) is 4.44. The van der Waals surface area contributed by atoms with Gasteiger partial charge in [0.25, 0.3) is 5.91 Å². The number of rotatable bonds is 8. The van der Waals surface area contributed by atoms with Crippen LogP contribution in [-0.2, 0) is 27.4 Å². The smallest absolute Gasteiger partial charge is 0.311 e. The Kier molecular flexibility index (Phi) is 5.78. The van der Waals surface area contributed by atoms with Crippen molar-refractivity contribution in [3.63, 3.8) is 0 Å². The number of amides is 1. The molecule has 1 amide bonds. The molecule has 0 saturated heterocycles. The van der Waals surface area contributed by atoms with Crippen LogP contribution < -0.4 is 10.1 Å². The maximum atomic E-state index is 12.0. The number of hydrogen-bond donors (Lipinski definition) is 1. The molecule has 1 N–H and O–H groups in total. The molecule has 3 rings (SSSR count). The molecule has 0 aliphatic heterocycles. The fraction of sp³-hybridized carbons (Fsp3) is 0.450. The molecule has 0 radical (unpaired) electrons. The van der Waals surface area contributed by atoms with Crippen LogP contribution in [-0.4, -0.2) is 29.2 Å². The van der Waals surface area contributed by atoms with Crippen molar-refractivity contribution in [1.29, 1.82) is 0 Å². The first-order valence-electron chi connectivity index (χ1n) is 9.05. The summed E-state index contributed by atoms with van der Waals surface area (Å²) in [6.45, 7) is 5.67. The van der Waals surface area contributed by atoms with Crippen molar-refractivity contribution in [2.45, 2.75) is 58.8 Å². The molecule has 1 aromatic heterocycles. The molecule has 7 nitrogen and oxygen atoms in total. The van der Waals surface area contributed by atoms with Crippen molar-refractivity contribution < 1.29 is 23.6 Å². The summed E-state index contributed by atoms with van der Waals surface area (Å²) in [4.78, 5) is 23.8. The molecule has 1 unspecified atom stereocenters. The fourth-order valence-corrected chi connectivity index (χ4v) is 2.57. The second-order valence-electron chi connectivity index (χ2n) is 6.83. The van der Waals surface area contributed by atoms with Gasteiger partial charge in [0.05, 0.1) is 17.7 Å². The average molecular weight is 372 g/mol. The van der Waals surface area contributed by atoms with Crippen molar-refractivity contribution in [2.75, 3.05) is 0 Å². The van der Waals surface area contributed by atoms with Gasteiger partial charge in [-0.15, -0.1) is 0 Å². The molecular formula is C20H24N2O5. The minimum absolute atomic E-state index is 0.102. The highest BCUT2D eigenvalue weighted by Gasteiger charge is 2.27. The predicted molar refractivity (Wildman–Crippen MR) is 97.2 cm³/mol. The molecule has 0 spiro atoms. The van der Waals surface area contributed by atoms with Crippen LogP contribution in [0.4, 0.5) is 0 Å². The molecule has 27 heavy (non-hydrogen) atoms. The number of carbonyl (C=O) groups is 2. The molecular weight excluding hydrogens is 348 g/mol. The Morgan fingerprint density at radius 2 is 1.96 bits per heavy atom. The molecule has 7 heteroatoms. The van der Waals surface area contributed by atoms with Crippen molar-refractivity contribution in [3.05, 3.63) is 46.8 Å². The van der Waals surface area contributed by atoms with Gasteiger partial charge in [0.15, 0.2) is 6.10 Å². The molecule has 1 atom stereocenters. The fourth-order valence-electron chi connectivity index (χ4n) is 2.57. The monoisotopic (exact) mass is 372 g/mol. The number of ether oxygens (including phenoxy) is 2. The number of hydrogen-bond acceptors (Lipinski definition) is 6. The van der Waals surface area contributed by atoms with Crippen molar-refractivity contribution in [3.8, 4) is 5.75 Å². The van der Waals surface area contributed by atoms with Crippen LogP contribution >= 0.6 is 0 Å². The Hall–Kier alpha value is -2.83. The van der Waals surface area contributed by atoms with Gasteiger partial charge in [-0.1, -0.05) is 17.3 Å². The van der Waals surface area contributed by atoms with E-state index in [9.17, 15) is 9.59 Å². The van der Waals surface area contributed by atoms with E-state index in [1.165, 1.54) is 0 Å². The van der Waals surface area contributed by atoms with Crippen LogP contribution in [0.5, 0.6) is 5.75 Å². The van der Waals surface area contributed by atoms with Crippen LogP contribution in [0.3, 0.4) is 0 Å². The minimum atomic E-state index is -0.782. The molecule has 0 bridgehead atoms. The van der Waals surface area contributed by atoms with Gasteiger partial charge in [0, 0.05) is 6.04 Å². The maximum Gasteiger partial charge on any atom is 0.311 e. The van der Waals surface area contributed by atoms with E-state index < -0.39 is 12.1 Å². The number of esters is 1. The number of carbonyl (C=O) groups excluding carboxylic acids is 2. The highest BCUT2D eigenvalue weighted by molar-refractivity contribution is 5.84. The second-order valence-corrected chi connectivity index (χ2v) is 6.83. The van der Waals surface area contributed by atoms with E-state index in [-0.39, 0.29) is 18.4 Å². The first-order chi connectivity index (χ1) is 12.9. The third kappa shape index (κ3) is 5.32. The largest absolute Gasteiger partial charge is 0.489 e. The van der Waals surface area contributed by atoms with Gasteiger partial charge in [-0.3, -0.25) is 9.59 Å². The summed E-state index contributed by atoms with van der Waals surface area (Å²) in [5, 5.41) is 6.72. The lowest BCUT2D eigenvalue weighted by Crippen LogP contribution is -2.37. The van der Waals surface area contributed by atoms with Gasteiger partial charge in [-0.25, -0.2) is 0 Å². The van der Waals surface area contributed by atoms with Gasteiger partial charge < -0.3 is 19.3 Å². The summed E-state index contributed by atoms with van der Waals surface area (Å²) in [5.74, 6) is 0.753. The number of nitrogens with zero attached hydrogens (tertiary/aromatic N) is 1. The second kappa shape index (κ2) is 8.24.